The van der Waals surface area contributed by atoms with Crippen molar-refractivity contribution in [2.75, 3.05) is 13.1 Å². The van der Waals surface area contributed by atoms with Gasteiger partial charge in [-0.15, -0.1) is 24.0 Å². The first-order valence-corrected chi connectivity index (χ1v) is 6.58. The summed E-state index contributed by atoms with van der Waals surface area (Å²) in [6.45, 7) is 6.34. The molecule has 112 valence electrons. The summed E-state index contributed by atoms with van der Waals surface area (Å²) in [4.78, 5) is 15.6. The van der Waals surface area contributed by atoms with E-state index in [-0.39, 0.29) is 24.0 Å². The van der Waals surface area contributed by atoms with Gasteiger partial charge >= 0.3 is 0 Å². The van der Waals surface area contributed by atoms with E-state index in [0.29, 0.717) is 12.1 Å². The van der Waals surface area contributed by atoms with Crippen molar-refractivity contribution >= 4 is 35.8 Å². The number of guanidine groups is 1. The number of carbonyl (C=O) groups excluding carboxylic acids is 1. The van der Waals surface area contributed by atoms with Gasteiger partial charge in [-0.05, 0) is 31.0 Å². The number of primary amides is 1. The molecule has 0 spiro atoms. The molecule has 0 radical (unpaired) electrons. The highest BCUT2D eigenvalue weighted by atomic mass is 127. The molecule has 0 unspecified atom stereocenters. The Morgan fingerprint density at radius 2 is 2.05 bits per heavy atom. The maximum Gasteiger partial charge on any atom is 0.248 e. The smallest absolute Gasteiger partial charge is 0.248 e. The summed E-state index contributed by atoms with van der Waals surface area (Å²) in [5.41, 5.74) is 6.73. The summed E-state index contributed by atoms with van der Waals surface area (Å²) in [7, 11) is 0. The highest BCUT2D eigenvalue weighted by molar-refractivity contribution is 14.0. The molecule has 0 heterocycles. The number of carbonyl (C=O) groups is 1. The van der Waals surface area contributed by atoms with E-state index in [1.54, 1.807) is 12.1 Å². The Kier molecular flexibility index (Phi) is 9.79. The van der Waals surface area contributed by atoms with Crippen LogP contribution in [0, 0.1) is 0 Å². The quantitative estimate of drug-likeness (QED) is 0.394. The van der Waals surface area contributed by atoms with Crippen LogP contribution in [0.5, 0.6) is 0 Å². The Morgan fingerprint density at radius 1 is 1.30 bits per heavy atom. The van der Waals surface area contributed by atoms with Crippen LogP contribution in [0.15, 0.2) is 29.3 Å². The number of aliphatic imine (C=N–C) groups is 1. The molecular formula is C14H23IN4O. The van der Waals surface area contributed by atoms with Crippen molar-refractivity contribution in [2.24, 2.45) is 10.7 Å². The number of amides is 1. The number of benzene rings is 1. The van der Waals surface area contributed by atoms with Crippen molar-refractivity contribution in [1.29, 1.82) is 0 Å². The minimum Gasteiger partial charge on any atom is -0.366 e. The van der Waals surface area contributed by atoms with E-state index >= 15 is 0 Å². The summed E-state index contributed by atoms with van der Waals surface area (Å²) >= 11 is 0. The number of nitrogens with one attached hydrogen (secondary N) is 2. The number of hydrogen-bond donors (Lipinski definition) is 3. The van der Waals surface area contributed by atoms with Gasteiger partial charge in [-0.3, -0.25) is 4.79 Å². The predicted octanol–water partition coefficient (Wildman–Crippen LogP) is 1.87. The third-order valence-corrected chi connectivity index (χ3v) is 2.52. The zero-order valence-electron chi connectivity index (χ0n) is 12.0. The van der Waals surface area contributed by atoms with Crippen LogP contribution < -0.4 is 16.4 Å². The molecule has 0 aliphatic carbocycles. The Bertz CT molecular complexity index is 449. The second-order valence-electron chi connectivity index (χ2n) is 4.19. The molecule has 5 nitrogen and oxygen atoms in total. The normalized spacial score (nSPS) is 10.6. The molecule has 4 N–H and O–H groups in total. The van der Waals surface area contributed by atoms with Gasteiger partial charge in [0.05, 0.1) is 6.54 Å². The largest absolute Gasteiger partial charge is 0.366 e. The molecule has 20 heavy (non-hydrogen) atoms. The van der Waals surface area contributed by atoms with Crippen LogP contribution in [-0.4, -0.2) is 25.0 Å². The fraction of sp³-hybridized carbons (Fsp3) is 0.429. The molecule has 0 aliphatic heterocycles. The number of hydrogen-bond acceptors (Lipinski definition) is 2. The summed E-state index contributed by atoms with van der Waals surface area (Å²) in [5, 5.41) is 6.40. The van der Waals surface area contributed by atoms with E-state index in [9.17, 15) is 4.79 Å². The summed E-state index contributed by atoms with van der Waals surface area (Å²) in [6.07, 6.45) is 1.04. The molecular weight excluding hydrogens is 367 g/mol. The van der Waals surface area contributed by atoms with E-state index in [1.807, 2.05) is 19.1 Å². The van der Waals surface area contributed by atoms with Gasteiger partial charge in [0, 0.05) is 18.7 Å². The number of nitrogens with two attached hydrogens (primary N) is 1. The summed E-state index contributed by atoms with van der Waals surface area (Å²) in [5.74, 6) is 0.371. The van der Waals surface area contributed by atoms with Crippen LogP contribution in [0.2, 0.25) is 0 Å². The van der Waals surface area contributed by atoms with Gasteiger partial charge in [-0.2, -0.15) is 0 Å². The number of halogens is 1. The van der Waals surface area contributed by atoms with Crippen molar-refractivity contribution < 1.29 is 4.79 Å². The first kappa shape index (κ1) is 18.7. The van der Waals surface area contributed by atoms with Crippen LogP contribution >= 0.6 is 24.0 Å². The molecule has 1 aromatic rings. The van der Waals surface area contributed by atoms with Gasteiger partial charge in [-0.25, -0.2) is 4.99 Å². The van der Waals surface area contributed by atoms with Crippen molar-refractivity contribution in [3.63, 3.8) is 0 Å². The maximum atomic E-state index is 11.1. The van der Waals surface area contributed by atoms with Gasteiger partial charge in [0.15, 0.2) is 5.96 Å². The third-order valence-electron chi connectivity index (χ3n) is 2.52. The van der Waals surface area contributed by atoms with Gasteiger partial charge in [-0.1, -0.05) is 19.1 Å². The van der Waals surface area contributed by atoms with Crippen molar-refractivity contribution in [1.82, 2.24) is 10.6 Å². The second-order valence-corrected chi connectivity index (χ2v) is 4.19. The molecule has 0 saturated carbocycles. The molecule has 1 aromatic carbocycles. The first-order valence-electron chi connectivity index (χ1n) is 6.58. The zero-order chi connectivity index (χ0) is 14.1. The average molecular weight is 390 g/mol. The van der Waals surface area contributed by atoms with E-state index in [4.69, 9.17) is 5.73 Å². The van der Waals surface area contributed by atoms with Gasteiger partial charge in [0.2, 0.25) is 5.91 Å². The Balaban J connectivity index is 0.00000361. The van der Waals surface area contributed by atoms with E-state index in [2.05, 4.69) is 22.5 Å². The molecule has 1 rings (SSSR count). The molecule has 6 heteroatoms. The van der Waals surface area contributed by atoms with Gasteiger partial charge < -0.3 is 16.4 Å². The monoisotopic (exact) mass is 390 g/mol. The molecule has 0 aromatic heterocycles. The Morgan fingerprint density at radius 3 is 2.65 bits per heavy atom. The Labute approximate surface area is 137 Å². The highest BCUT2D eigenvalue weighted by Gasteiger charge is 2.01. The summed E-state index contributed by atoms with van der Waals surface area (Å²) < 4.78 is 0. The van der Waals surface area contributed by atoms with Crippen LogP contribution in [-0.2, 0) is 6.54 Å². The number of nitrogens with zero attached hydrogens (tertiary/aromatic N) is 1. The molecule has 0 atom stereocenters. The lowest BCUT2D eigenvalue weighted by atomic mass is 10.1. The lowest BCUT2D eigenvalue weighted by Crippen LogP contribution is -2.37. The van der Waals surface area contributed by atoms with E-state index < -0.39 is 5.91 Å². The molecule has 0 bridgehead atoms. The predicted molar refractivity (Wildman–Crippen MR) is 93.5 cm³/mol. The molecule has 0 aliphatic rings. The zero-order valence-corrected chi connectivity index (χ0v) is 14.3. The average Bonchev–Trinajstić information content (AvgIpc) is 2.42. The molecule has 0 fully saturated rings. The first-order chi connectivity index (χ1) is 9.17. The topological polar surface area (TPSA) is 79.5 Å². The molecule has 1 amide bonds. The fourth-order valence-corrected chi connectivity index (χ4v) is 1.58. The minimum atomic E-state index is -0.415. The van der Waals surface area contributed by atoms with E-state index in [0.717, 1.165) is 31.0 Å². The lowest BCUT2D eigenvalue weighted by molar-refractivity contribution is 0.1000. The summed E-state index contributed by atoms with van der Waals surface area (Å²) in [6, 6.07) is 7.22. The van der Waals surface area contributed by atoms with Crippen LogP contribution in [0.25, 0.3) is 0 Å². The van der Waals surface area contributed by atoms with Crippen LogP contribution in [0.1, 0.15) is 36.2 Å². The van der Waals surface area contributed by atoms with Gasteiger partial charge in [0.25, 0.3) is 0 Å². The van der Waals surface area contributed by atoms with Crippen molar-refractivity contribution in [3.05, 3.63) is 35.4 Å². The lowest BCUT2D eigenvalue weighted by Gasteiger charge is -2.10. The molecule has 0 saturated heterocycles. The third kappa shape index (κ3) is 6.74. The minimum absolute atomic E-state index is 0. The standard InChI is InChI=1S/C14H22N4O.HI/c1-3-8-17-14(16-4-2)18-10-11-6-5-7-12(9-11)13(15)19;/h5-7,9H,3-4,8,10H2,1-2H3,(H2,15,19)(H2,16,17,18);1H. The van der Waals surface area contributed by atoms with E-state index in [1.165, 1.54) is 0 Å². The maximum absolute atomic E-state index is 11.1. The van der Waals surface area contributed by atoms with Crippen molar-refractivity contribution in [2.45, 2.75) is 26.8 Å². The second kappa shape index (κ2) is 10.5. The number of rotatable bonds is 6. The van der Waals surface area contributed by atoms with Crippen LogP contribution in [0.4, 0.5) is 0 Å². The fourth-order valence-electron chi connectivity index (χ4n) is 1.58. The van der Waals surface area contributed by atoms with Gasteiger partial charge in [0.1, 0.15) is 0 Å². The van der Waals surface area contributed by atoms with Crippen LogP contribution in [0.3, 0.4) is 0 Å². The highest BCUT2D eigenvalue weighted by Crippen LogP contribution is 2.05. The Hall–Kier alpha value is -1.31. The van der Waals surface area contributed by atoms with Crippen molar-refractivity contribution in [3.8, 4) is 0 Å². The SMILES string of the molecule is CCCNC(=NCc1cccc(C(N)=O)c1)NCC.I.